The number of carboxylic acid groups (broad SMARTS) is 1. The normalized spacial score (nSPS) is 12.9. The highest BCUT2D eigenvalue weighted by Crippen LogP contribution is 2.32. The molecule has 0 radical (unpaired) electrons. The van der Waals surface area contributed by atoms with Crippen LogP contribution in [0.25, 0.3) is 0 Å². The monoisotopic (exact) mass is 495 g/mol. The molecule has 0 amide bonds. The first-order valence-electron chi connectivity index (χ1n) is 11.7. The summed E-state index contributed by atoms with van der Waals surface area (Å²) in [6, 6.07) is 3.91. The van der Waals surface area contributed by atoms with Crippen molar-refractivity contribution in [3.63, 3.8) is 0 Å². The second kappa shape index (κ2) is 13.7. The van der Waals surface area contributed by atoms with E-state index in [0.717, 1.165) is 6.42 Å². The lowest BCUT2D eigenvalue weighted by atomic mass is 10.0. The summed E-state index contributed by atoms with van der Waals surface area (Å²) in [4.78, 5) is 48.9. The van der Waals surface area contributed by atoms with Gasteiger partial charge in [0.2, 0.25) is 0 Å². The molecule has 0 aromatic heterocycles. The van der Waals surface area contributed by atoms with Gasteiger partial charge in [-0.3, -0.25) is 14.9 Å². The fraction of sp³-hybridized carbons (Fsp3) is 0.600. The van der Waals surface area contributed by atoms with Gasteiger partial charge in [0, 0.05) is 12.5 Å². The largest absolute Gasteiger partial charge is 0.510 e. The summed E-state index contributed by atoms with van der Waals surface area (Å²) in [7, 11) is 0. The van der Waals surface area contributed by atoms with Crippen LogP contribution >= 0.6 is 0 Å². The molecule has 0 saturated heterocycles. The zero-order valence-electron chi connectivity index (χ0n) is 21.5. The minimum Gasteiger partial charge on any atom is -0.477 e. The van der Waals surface area contributed by atoms with Gasteiger partial charge in [-0.25, -0.2) is 9.59 Å². The highest BCUT2D eigenvalue weighted by molar-refractivity contribution is 5.81. The highest BCUT2D eigenvalue weighted by Gasteiger charge is 2.44. The third-order valence-electron chi connectivity index (χ3n) is 4.67. The molecule has 10 heteroatoms. The van der Waals surface area contributed by atoms with Gasteiger partial charge in [-0.15, -0.1) is 0 Å². The molecule has 1 aromatic rings. The minimum atomic E-state index is -2.16. The van der Waals surface area contributed by atoms with Crippen LogP contribution in [-0.4, -0.2) is 47.5 Å². The first kappa shape index (κ1) is 29.9. The van der Waals surface area contributed by atoms with Gasteiger partial charge in [-0.05, 0) is 38.0 Å². The number of rotatable bonds is 13. The van der Waals surface area contributed by atoms with E-state index in [1.54, 1.807) is 41.5 Å². The smallest absolute Gasteiger partial charge is 0.477 e. The van der Waals surface area contributed by atoms with Crippen molar-refractivity contribution in [1.29, 1.82) is 0 Å². The first-order chi connectivity index (χ1) is 16.3. The summed E-state index contributed by atoms with van der Waals surface area (Å²) < 4.78 is 21.1. The Morgan fingerprint density at radius 1 is 0.943 bits per heavy atom. The molecular weight excluding hydrogens is 458 g/mol. The third kappa shape index (κ3) is 9.56. The number of unbranched alkanes of at least 4 members (excludes halogenated alkanes) is 1. The summed E-state index contributed by atoms with van der Waals surface area (Å²) in [5, 5.41) is 12.8. The molecular formula is C25H37NO9. The number of nitrogens with one attached hydrogen (secondary N) is 1. The molecule has 1 aromatic carbocycles. The summed E-state index contributed by atoms with van der Waals surface area (Å²) in [5.41, 5.74) is -1.81. The van der Waals surface area contributed by atoms with Crippen molar-refractivity contribution in [2.75, 3.05) is 6.61 Å². The lowest BCUT2D eigenvalue weighted by Crippen LogP contribution is -2.59. The number of hydrogen-bond acceptors (Lipinski definition) is 9. The molecule has 0 aliphatic carbocycles. The number of hydrogen-bond donors (Lipinski definition) is 2. The topological polar surface area (TPSA) is 137 Å². The van der Waals surface area contributed by atoms with E-state index in [-0.39, 0.29) is 30.6 Å². The van der Waals surface area contributed by atoms with Crippen molar-refractivity contribution >= 4 is 24.1 Å². The SMILES string of the molecule is CCCCOC(=O)O[C@](Cc1ccc(OC(=O)C(C)C)c(OC(=O)C(C)C)c1)(NC(C)C)C(=O)O. The Labute approximate surface area is 206 Å². The summed E-state index contributed by atoms with van der Waals surface area (Å²) in [6.45, 7) is 12.0. The maximum absolute atomic E-state index is 12.3. The third-order valence-corrected chi connectivity index (χ3v) is 4.67. The second-order valence-corrected chi connectivity index (χ2v) is 9.09. The van der Waals surface area contributed by atoms with Crippen molar-refractivity contribution in [2.24, 2.45) is 11.8 Å². The van der Waals surface area contributed by atoms with Gasteiger partial charge >= 0.3 is 24.1 Å². The average Bonchev–Trinajstić information content (AvgIpc) is 2.74. The Morgan fingerprint density at radius 2 is 1.51 bits per heavy atom. The highest BCUT2D eigenvalue weighted by atomic mass is 16.7. The molecule has 10 nitrogen and oxygen atoms in total. The summed E-state index contributed by atoms with van der Waals surface area (Å²) in [5.74, 6) is -3.46. The predicted molar refractivity (Wildman–Crippen MR) is 127 cm³/mol. The van der Waals surface area contributed by atoms with E-state index >= 15 is 0 Å². The molecule has 0 fully saturated rings. The summed E-state index contributed by atoms with van der Waals surface area (Å²) >= 11 is 0. The van der Waals surface area contributed by atoms with Crippen LogP contribution in [0.3, 0.4) is 0 Å². The van der Waals surface area contributed by atoms with Crippen molar-refractivity contribution in [1.82, 2.24) is 5.32 Å². The van der Waals surface area contributed by atoms with E-state index < -0.39 is 41.6 Å². The number of carbonyl (C=O) groups is 4. The molecule has 35 heavy (non-hydrogen) atoms. The molecule has 0 bridgehead atoms. The number of aliphatic carboxylic acids is 1. The van der Waals surface area contributed by atoms with Gasteiger partial charge < -0.3 is 24.1 Å². The minimum absolute atomic E-state index is 0.0130. The first-order valence-corrected chi connectivity index (χ1v) is 11.7. The van der Waals surface area contributed by atoms with Gasteiger partial charge in [0.1, 0.15) is 0 Å². The molecule has 0 aliphatic rings. The van der Waals surface area contributed by atoms with Crippen LogP contribution in [0.15, 0.2) is 18.2 Å². The van der Waals surface area contributed by atoms with Crippen LogP contribution in [0.2, 0.25) is 0 Å². The van der Waals surface area contributed by atoms with Crippen LogP contribution in [0.4, 0.5) is 4.79 Å². The molecule has 1 rings (SSSR count). The van der Waals surface area contributed by atoms with Gasteiger partial charge in [0.05, 0.1) is 18.4 Å². The quantitative estimate of drug-likeness (QED) is 0.178. The molecule has 0 heterocycles. The Bertz CT molecular complexity index is 895. The van der Waals surface area contributed by atoms with Gasteiger partial charge in [-0.2, -0.15) is 0 Å². The van der Waals surface area contributed by atoms with Crippen LogP contribution < -0.4 is 14.8 Å². The lowest BCUT2D eigenvalue weighted by molar-refractivity contribution is -0.166. The molecule has 1 atom stereocenters. The van der Waals surface area contributed by atoms with Crippen molar-refractivity contribution in [3.05, 3.63) is 23.8 Å². The molecule has 0 spiro atoms. The Morgan fingerprint density at radius 3 is 2.00 bits per heavy atom. The van der Waals surface area contributed by atoms with Crippen LogP contribution in [0.1, 0.15) is 66.9 Å². The van der Waals surface area contributed by atoms with Crippen molar-refractivity contribution < 1.29 is 43.2 Å². The van der Waals surface area contributed by atoms with Crippen molar-refractivity contribution in [2.45, 2.75) is 79.5 Å². The number of benzene rings is 1. The molecule has 196 valence electrons. The average molecular weight is 496 g/mol. The number of carbonyl (C=O) groups excluding carboxylic acids is 3. The van der Waals surface area contributed by atoms with Gasteiger partial charge in [0.25, 0.3) is 5.72 Å². The van der Waals surface area contributed by atoms with E-state index in [4.69, 9.17) is 18.9 Å². The van der Waals surface area contributed by atoms with Gasteiger partial charge in [0.15, 0.2) is 11.5 Å². The molecule has 0 saturated carbocycles. The lowest BCUT2D eigenvalue weighted by Gasteiger charge is -2.31. The zero-order chi connectivity index (χ0) is 26.8. The van der Waals surface area contributed by atoms with E-state index in [1.807, 2.05) is 6.92 Å². The Balaban J connectivity index is 3.38. The van der Waals surface area contributed by atoms with E-state index in [9.17, 15) is 24.3 Å². The molecule has 2 N–H and O–H groups in total. The molecule has 0 unspecified atom stereocenters. The number of ether oxygens (including phenoxy) is 4. The number of esters is 2. The standard InChI is InChI=1S/C25H37NO9/c1-8-9-12-32-24(31)35-25(23(29)30,26-17(6)7)14-18-10-11-19(33-21(27)15(2)3)20(13-18)34-22(28)16(4)5/h10-11,13,15-17,26H,8-9,12,14H2,1-7H3,(H,29,30)/t25-/m0/s1. The van der Waals surface area contributed by atoms with E-state index in [0.29, 0.717) is 12.0 Å². The Kier molecular flexibility index (Phi) is 11.7. The van der Waals surface area contributed by atoms with Crippen molar-refractivity contribution in [3.8, 4) is 11.5 Å². The second-order valence-electron chi connectivity index (χ2n) is 9.09. The predicted octanol–water partition coefficient (Wildman–Crippen LogP) is 4.08. The zero-order valence-corrected chi connectivity index (χ0v) is 21.5. The van der Waals surface area contributed by atoms with Crippen LogP contribution in [0.5, 0.6) is 11.5 Å². The number of carboxylic acids is 1. The van der Waals surface area contributed by atoms with E-state index in [2.05, 4.69) is 5.32 Å². The fourth-order valence-corrected chi connectivity index (χ4v) is 2.80. The molecule has 0 aliphatic heterocycles. The fourth-order valence-electron chi connectivity index (χ4n) is 2.80. The Hall–Kier alpha value is -3.14. The van der Waals surface area contributed by atoms with Crippen LogP contribution in [0, 0.1) is 11.8 Å². The maximum atomic E-state index is 12.3. The van der Waals surface area contributed by atoms with Gasteiger partial charge in [-0.1, -0.05) is 47.1 Å². The maximum Gasteiger partial charge on any atom is 0.510 e. The van der Waals surface area contributed by atoms with E-state index in [1.165, 1.54) is 18.2 Å². The summed E-state index contributed by atoms with van der Waals surface area (Å²) in [6.07, 6.45) is -0.0576. The van der Waals surface area contributed by atoms with Crippen LogP contribution in [-0.2, 0) is 30.3 Å².